The number of hydrogen-bond donors (Lipinski definition) is 1. The number of carbonyl (C=O) groups excluding carboxylic acids is 1. The minimum Gasteiger partial charge on any atom is -0.345 e. The molecule has 0 atom stereocenters. The van der Waals surface area contributed by atoms with Crippen LogP contribution >= 0.6 is 0 Å². The van der Waals surface area contributed by atoms with Crippen molar-refractivity contribution in [2.75, 3.05) is 6.54 Å². The topological polar surface area (TPSA) is 53.8 Å². The molecule has 4 heteroatoms. The maximum Gasteiger partial charge on any atom is 0.244 e. The van der Waals surface area contributed by atoms with E-state index in [2.05, 4.69) is 35.5 Å². The molecule has 0 aromatic carbocycles. The zero-order valence-corrected chi connectivity index (χ0v) is 9.99. The summed E-state index contributed by atoms with van der Waals surface area (Å²) in [4.78, 5) is 18.9. The van der Waals surface area contributed by atoms with E-state index in [1.54, 1.807) is 6.08 Å². The maximum absolute atomic E-state index is 11.4. The van der Waals surface area contributed by atoms with Gasteiger partial charge in [-0.15, -0.1) is 0 Å². The lowest BCUT2D eigenvalue weighted by atomic mass is 10.1. The highest BCUT2D eigenvalue weighted by Gasteiger charge is 1.99. The fourth-order valence-electron chi connectivity index (χ4n) is 1.16. The van der Waals surface area contributed by atoms with E-state index < -0.39 is 0 Å². The second-order valence-electron chi connectivity index (χ2n) is 3.34. The van der Waals surface area contributed by atoms with Crippen molar-refractivity contribution in [2.45, 2.75) is 26.7 Å². The van der Waals surface area contributed by atoms with Gasteiger partial charge in [0.05, 0.1) is 6.54 Å². The highest BCUT2D eigenvalue weighted by atomic mass is 16.1. The molecule has 0 aliphatic heterocycles. The highest BCUT2D eigenvalue weighted by molar-refractivity contribution is 5.94. The zero-order chi connectivity index (χ0) is 12.4. The monoisotopic (exact) mass is 221 g/mol. The van der Waals surface area contributed by atoms with Gasteiger partial charge in [-0.1, -0.05) is 25.5 Å². The molecule has 0 unspecified atom stereocenters. The molecule has 0 saturated carbocycles. The lowest BCUT2D eigenvalue weighted by Crippen LogP contribution is -2.27. The summed E-state index contributed by atoms with van der Waals surface area (Å²) in [6.45, 7) is 11.1. The first-order valence-electron chi connectivity index (χ1n) is 5.23. The van der Waals surface area contributed by atoms with Gasteiger partial charge in [-0.05, 0) is 20.1 Å². The Morgan fingerprint density at radius 3 is 2.69 bits per heavy atom. The number of carbonyl (C=O) groups is 1. The predicted molar refractivity (Wildman–Crippen MR) is 68.9 cm³/mol. The van der Waals surface area contributed by atoms with Gasteiger partial charge in [0.1, 0.15) is 5.84 Å². The van der Waals surface area contributed by atoms with Crippen molar-refractivity contribution in [3.63, 3.8) is 0 Å². The third kappa shape index (κ3) is 6.70. The van der Waals surface area contributed by atoms with Crippen LogP contribution in [-0.4, -0.2) is 25.0 Å². The van der Waals surface area contributed by atoms with Gasteiger partial charge >= 0.3 is 0 Å². The van der Waals surface area contributed by atoms with E-state index in [0.717, 1.165) is 18.4 Å². The molecule has 0 saturated heterocycles. The summed E-state index contributed by atoms with van der Waals surface area (Å²) >= 11 is 0. The highest BCUT2D eigenvalue weighted by Crippen LogP contribution is 2.01. The third-order valence-corrected chi connectivity index (χ3v) is 1.87. The summed E-state index contributed by atoms with van der Waals surface area (Å²) < 4.78 is 0. The van der Waals surface area contributed by atoms with Crippen LogP contribution in [0.3, 0.4) is 0 Å². The molecule has 0 aromatic heterocycles. The SMILES string of the molecule is C=C/N=C(/CNC(=O)/C=C(\C)CCC)N=C. The Bertz CT molecular complexity index is 316. The van der Waals surface area contributed by atoms with Crippen LogP contribution in [-0.2, 0) is 4.79 Å². The number of rotatable bonds is 6. The van der Waals surface area contributed by atoms with Crippen LogP contribution in [0, 0.1) is 0 Å². The Labute approximate surface area is 96.9 Å². The standard InChI is InChI=1S/C12H19N3O/c1-5-7-10(3)8-12(16)15-9-11(13-4)14-6-2/h6,8H,2,4-5,7,9H2,1,3H3,(H,15,16)/b10-8+,14-11-. The molecule has 0 aliphatic rings. The fourth-order valence-corrected chi connectivity index (χ4v) is 1.16. The van der Waals surface area contributed by atoms with Crippen LogP contribution in [0.4, 0.5) is 0 Å². The molecule has 4 nitrogen and oxygen atoms in total. The second kappa shape index (κ2) is 8.59. The van der Waals surface area contributed by atoms with Gasteiger partial charge in [-0.2, -0.15) is 0 Å². The third-order valence-electron chi connectivity index (χ3n) is 1.87. The number of nitrogens with one attached hydrogen (secondary N) is 1. The minimum atomic E-state index is -0.133. The molecule has 0 spiro atoms. The molecule has 0 heterocycles. The van der Waals surface area contributed by atoms with E-state index in [1.165, 1.54) is 6.20 Å². The van der Waals surface area contributed by atoms with Gasteiger partial charge in [0.2, 0.25) is 5.91 Å². The Morgan fingerprint density at radius 1 is 1.50 bits per heavy atom. The van der Waals surface area contributed by atoms with Crippen molar-refractivity contribution in [3.05, 3.63) is 24.4 Å². The van der Waals surface area contributed by atoms with E-state index in [0.29, 0.717) is 5.84 Å². The van der Waals surface area contributed by atoms with E-state index in [1.807, 2.05) is 6.92 Å². The first kappa shape index (κ1) is 14.3. The molecule has 0 bridgehead atoms. The Balaban J connectivity index is 4.16. The van der Waals surface area contributed by atoms with Gasteiger partial charge in [0.15, 0.2) is 0 Å². The number of nitrogens with zero attached hydrogens (tertiary/aromatic N) is 2. The molecule has 0 radical (unpaired) electrons. The molecular formula is C12H19N3O. The van der Waals surface area contributed by atoms with Gasteiger partial charge < -0.3 is 5.32 Å². The minimum absolute atomic E-state index is 0.133. The van der Waals surface area contributed by atoms with Crippen LogP contribution in [0.5, 0.6) is 0 Å². The fraction of sp³-hybridized carbons (Fsp3) is 0.417. The Hall–Kier alpha value is -1.71. The van der Waals surface area contributed by atoms with Crippen LogP contribution in [0.2, 0.25) is 0 Å². The van der Waals surface area contributed by atoms with Crippen molar-refractivity contribution in [3.8, 4) is 0 Å². The van der Waals surface area contributed by atoms with Crippen molar-refractivity contribution in [1.82, 2.24) is 5.32 Å². The molecule has 16 heavy (non-hydrogen) atoms. The summed E-state index contributed by atoms with van der Waals surface area (Å²) in [6, 6.07) is 0. The second-order valence-corrected chi connectivity index (χ2v) is 3.34. The largest absolute Gasteiger partial charge is 0.345 e. The summed E-state index contributed by atoms with van der Waals surface area (Å²) in [7, 11) is 0. The summed E-state index contributed by atoms with van der Waals surface area (Å²) in [5.74, 6) is 0.316. The molecular weight excluding hydrogens is 202 g/mol. The Morgan fingerprint density at radius 2 is 2.19 bits per heavy atom. The molecule has 0 rings (SSSR count). The number of hydrogen-bond acceptors (Lipinski definition) is 2. The van der Waals surface area contributed by atoms with E-state index in [9.17, 15) is 4.79 Å². The number of aliphatic imine (C=N–C) groups is 2. The Kier molecular flexibility index (Phi) is 7.67. The quantitative estimate of drug-likeness (QED) is 0.417. The molecule has 1 amide bonds. The molecule has 0 aromatic rings. The van der Waals surface area contributed by atoms with Crippen molar-refractivity contribution < 1.29 is 4.79 Å². The predicted octanol–water partition coefficient (Wildman–Crippen LogP) is 2.09. The van der Waals surface area contributed by atoms with Crippen LogP contribution in [0.15, 0.2) is 34.4 Å². The van der Waals surface area contributed by atoms with Crippen molar-refractivity contribution in [1.29, 1.82) is 0 Å². The summed E-state index contributed by atoms with van der Waals surface area (Å²) in [5.41, 5.74) is 1.06. The van der Waals surface area contributed by atoms with Crippen molar-refractivity contribution in [2.24, 2.45) is 9.98 Å². The zero-order valence-electron chi connectivity index (χ0n) is 9.99. The summed E-state index contributed by atoms with van der Waals surface area (Å²) in [6.07, 6.45) is 4.93. The lowest BCUT2D eigenvalue weighted by Gasteiger charge is -2.02. The number of allylic oxidation sites excluding steroid dienone is 1. The molecule has 0 aliphatic carbocycles. The first-order chi connectivity index (χ1) is 7.63. The van der Waals surface area contributed by atoms with Gasteiger partial charge in [0.25, 0.3) is 0 Å². The van der Waals surface area contributed by atoms with Crippen LogP contribution in [0.1, 0.15) is 26.7 Å². The van der Waals surface area contributed by atoms with Crippen LogP contribution in [0.25, 0.3) is 0 Å². The van der Waals surface area contributed by atoms with Gasteiger partial charge in [-0.25, -0.2) is 9.98 Å². The van der Waals surface area contributed by atoms with E-state index in [-0.39, 0.29) is 12.5 Å². The lowest BCUT2D eigenvalue weighted by molar-refractivity contribution is -0.116. The first-order valence-corrected chi connectivity index (χ1v) is 5.23. The van der Waals surface area contributed by atoms with Crippen LogP contribution < -0.4 is 5.32 Å². The van der Waals surface area contributed by atoms with Crippen molar-refractivity contribution >= 4 is 18.5 Å². The van der Waals surface area contributed by atoms with Gasteiger partial charge in [-0.3, -0.25) is 4.79 Å². The normalized spacial score (nSPS) is 12.1. The molecule has 1 N–H and O–H groups in total. The molecule has 0 fully saturated rings. The van der Waals surface area contributed by atoms with E-state index >= 15 is 0 Å². The average Bonchev–Trinajstić information content (AvgIpc) is 2.24. The number of amides is 1. The smallest absolute Gasteiger partial charge is 0.244 e. The van der Waals surface area contributed by atoms with Gasteiger partial charge in [0, 0.05) is 12.3 Å². The molecule has 88 valence electrons. The maximum atomic E-state index is 11.4. The van der Waals surface area contributed by atoms with E-state index in [4.69, 9.17) is 0 Å². The number of amidine groups is 1. The summed E-state index contributed by atoms with van der Waals surface area (Å²) in [5, 5.41) is 2.68. The average molecular weight is 221 g/mol.